The number of sulfone groups is 1. The lowest BCUT2D eigenvalue weighted by atomic mass is 9.48. The van der Waals surface area contributed by atoms with Gasteiger partial charge in [0.1, 0.15) is 5.75 Å². The molecule has 6 heteroatoms. The fraction of sp³-hybridized carbons (Fsp3) is 0.480. The lowest BCUT2D eigenvalue weighted by Gasteiger charge is -2.57. The molecule has 0 spiro atoms. The van der Waals surface area contributed by atoms with Crippen molar-refractivity contribution in [2.45, 2.75) is 60.2 Å². The van der Waals surface area contributed by atoms with E-state index in [9.17, 15) is 13.2 Å². The van der Waals surface area contributed by atoms with Crippen LogP contribution in [0.1, 0.15) is 49.7 Å². The number of carboxylic acid groups (broad SMARTS) is 1. The average molecular weight is 441 g/mol. The van der Waals surface area contributed by atoms with E-state index in [1.54, 1.807) is 31.4 Å². The first-order valence-corrected chi connectivity index (χ1v) is 12.5. The molecular weight excluding hydrogens is 412 g/mol. The molecule has 0 heterocycles. The maximum atomic E-state index is 13.4. The van der Waals surface area contributed by atoms with Crippen LogP contribution >= 0.6 is 0 Å². The van der Waals surface area contributed by atoms with E-state index in [0.717, 1.165) is 48.3 Å². The number of hydrogen-bond acceptors (Lipinski definition) is 4. The molecule has 4 aliphatic carbocycles. The van der Waals surface area contributed by atoms with Crippen LogP contribution in [0, 0.1) is 17.8 Å². The smallest absolute Gasteiger partial charge is 0.307 e. The summed E-state index contributed by atoms with van der Waals surface area (Å²) in [4.78, 5) is 11.4. The van der Waals surface area contributed by atoms with Gasteiger partial charge in [-0.15, -0.1) is 0 Å². The zero-order valence-electron chi connectivity index (χ0n) is 17.7. The third kappa shape index (κ3) is 3.55. The van der Waals surface area contributed by atoms with E-state index >= 15 is 0 Å². The Kier molecular flexibility index (Phi) is 4.88. The molecule has 4 saturated carbocycles. The normalized spacial score (nSPS) is 29.1. The van der Waals surface area contributed by atoms with Gasteiger partial charge in [0.25, 0.3) is 0 Å². The molecule has 6 rings (SSSR count). The van der Waals surface area contributed by atoms with Gasteiger partial charge in [-0.2, -0.15) is 0 Å². The largest absolute Gasteiger partial charge is 0.496 e. The van der Waals surface area contributed by atoms with E-state index in [0.29, 0.717) is 5.56 Å². The maximum Gasteiger partial charge on any atom is 0.307 e. The van der Waals surface area contributed by atoms with Gasteiger partial charge >= 0.3 is 5.97 Å². The SMILES string of the molecule is COc1ccc(S(=O)(=O)c2ccc(CC(=O)O)cc2)cc1C12CC3CC(CC(C3)C1)C2. The molecule has 1 N–H and O–H groups in total. The molecule has 0 amide bonds. The molecule has 4 aliphatic rings. The van der Waals surface area contributed by atoms with Crippen molar-refractivity contribution in [3.05, 3.63) is 53.6 Å². The standard InChI is InChI=1S/C25H28O5S/c1-30-23-7-6-21(31(28,29)20-4-2-16(3-5-20)11-24(26)27)12-22(23)25-13-17-8-18(14-25)10-19(9-17)15-25/h2-7,12,17-19H,8-11,13-15H2,1H3,(H,26,27). The second kappa shape index (κ2) is 7.37. The third-order valence-corrected chi connectivity index (χ3v) is 9.45. The van der Waals surface area contributed by atoms with Crippen molar-refractivity contribution in [3.8, 4) is 5.75 Å². The Labute approximate surface area is 183 Å². The van der Waals surface area contributed by atoms with Crippen molar-refractivity contribution in [2.75, 3.05) is 7.11 Å². The van der Waals surface area contributed by atoms with Gasteiger partial charge in [0.15, 0.2) is 0 Å². The van der Waals surface area contributed by atoms with Gasteiger partial charge in [-0.1, -0.05) is 12.1 Å². The van der Waals surface area contributed by atoms with Crippen molar-refractivity contribution in [2.24, 2.45) is 17.8 Å². The van der Waals surface area contributed by atoms with Gasteiger partial charge < -0.3 is 9.84 Å². The van der Waals surface area contributed by atoms with Gasteiger partial charge in [0, 0.05) is 5.56 Å². The van der Waals surface area contributed by atoms with Crippen LogP contribution < -0.4 is 4.74 Å². The highest BCUT2D eigenvalue weighted by atomic mass is 32.2. The minimum atomic E-state index is -3.71. The zero-order valence-corrected chi connectivity index (χ0v) is 18.5. The van der Waals surface area contributed by atoms with Crippen LogP contribution in [0.25, 0.3) is 0 Å². The summed E-state index contributed by atoms with van der Waals surface area (Å²) in [6.45, 7) is 0. The van der Waals surface area contributed by atoms with Crippen LogP contribution in [0.15, 0.2) is 52.3 Å². The molecule has 0 unspecified atom stereocenters. The molecule has 2 aromatic carbocycles. The average Bonchev–Trinajstić information content (AvgIpc) is 2.72. The Balaban J connectivity index is 1.53. The zero-order chi connectivity index (χ0) is 21.8. The molecule has 164 valence electrons. The maximum absolute atomic E-state index is 13.4. The van der Waals surface area contributed by atoms with Crippen molar-refractivity contribution < 1.29 is 23.1 Å². The first-order valence-electron chi connectivity index (χ1n) is 11.0. The van der Waals surface area contributed by atoms with Crippen LogP contribution in [0.4, 0.5) is 0 Å². The van der Waals surface area contributed by atoms with E-state index in [1.165, 1.54) is 31.4 Å². The first-order chi connectivity index (χ1) is 14.8. The molecule has 4 bridgehead atoms. The quantitative estimate of drug-likeness (QED) is 0.709. The summed E-state index contributed by atoms with van der Waals surface area (Å²) in [6.07, 6.45) is 7.22. The summed E-state index contributed by atoms with van der Waals surface area (Å²) in [5.41, 5.74) is 1.66. The van der Waals surface area contributed by atoms with Gasteiger partial charge in [-0.3, -0.25) is 4.79 Å². The Bertz CT molecular complexity index is 1080. The van der Waals surface area contributed by atoms with Crippen LogP contribution in [-0.4, -0.2) is 26.6 Å². The summed E-state index contributed by atoms with van der Waals surface area (Å²) in [5, 5.41) is 8.94. The van der Waals surface area contributed by atoms with Crippen LogP contribution in [0.3, 0.4) is 0 Å². The second-order valence-corrected chi connectivity index (χ2v) is 11.7. The Morgan fingerprint density at radius 1 is 0.968 bits per heavy atom. The van der Waals surface area contributed by atoms with Crippen molar-refractivity contribution in [1.29, 1.82) is 0 Å². The highest BCUT2D eigenvalue weighted by Gasteiger charge is 2.52. The van der Waals surface area contributed by atoms with Crippen LogP contribution in [-0.2, 0) is 26.5 Å². The summed E-state index contributed by atoms with van der Waals surface area (Å²) in [6, 6.07) is 11.4. The highest BCUT2D eigenvalue weighted by molar-refractivity contribution is 7.91. The fourth-order valence-corrected chi connectivity index (χ4v) is 8.09. The van der Waals surface area contributed by atoms with Crippen LogP contribution in [0.2, 0.25) is 0 Å². The third-order valence-electron chi connectivity index (χ3n) is 7.68. The highest BCUT2D eigenvalue weighted by Crippen LogP contribution is 2.62. The number of ether oxygens (including phenoxy) is 1. The molecule has 0 atom stereocenters. The first kappa shape index (κ1) is 20.6. The van der Waals surface area contributed by atoms with Gasteiger partial charge in [0.05, 0.1) is 23.3 Å². The minimum absolute atomic E-state index is 0.0248. The summed E-state index contributed by atoms with van der Waals surface area (Å²) in [7, 11) is -2.04. The van der Waals surface area contributed by atoms with Crippen molar-refractivity contribution >= 4 is 15.8 Å². The lowest BCUT2D eigenvalue weighted by Crippen LogP contribution is -2.48. The van der Waals surface area contributed by atoms with E-state index in [-0.39, 0.29) is 21.6 Å². The summed E-state index contributed by atoms with van der Waals surface area (Å²) >= 11 is 0. The predicted molar refractivity (Wildman–Crippen MR) is 116 cm³/mol. The predicted octanol–water partition coefficient (Wildman–Crippen LogP) is 4.62. The van der Waals surface area contributed by atoms with Crippen molar-refractivity contribution in [1.82, 2.24) is 0 Å². The number of rotatable bonds is 6. The van der Waals surface area contributed by atoms with E-state index in [2.05, 4.69) is 0 Å². The Morgan fingerprint density at radius 2 is 1.52 bits per heavy atom. The molecule has 2 aromatic rings. The second-order valence-electron chi connectivity index (χ2n) is 9.78. The number of hydrogen-bond donors (Lipinski definition) is 1. The Morgan fingerprint density at radius 3 is 2.03 bits per heavy atom. The van der Waals surface area contributed by atoms with Gasteiger partial charge in [-0.05, 0) is 97.6 Å². The van der Waals surface area contributed by atoms with Crippen molar-refractivity contribution in [3.63, 3.8) is 0 Å². The lowest BCUT2D eigenvalue weighted by molar-refractivity contribution is -0.136. The summed E-state index contributed by atoms with van der Waals surface area (Å²) in [5.74, 6) is 2.10. The molecule has 4 fully saturated rings. The number of methoxy groups -OCH3 is 1. The molecule has 0 aliphatic heterocycles. The molecule has 0 radical (unpaired) electrons. The molecule has 0 aromatic heterocycles. The Hall–Kier alpha value is -2.34. The minimum Gasteiger partial charge on any atom is -0.496 e. The monoisotopic (exact) mass is 440 g/mol. The number of carbonyl (C=O) groups is 1. The van der Waals surface area contributed by atoms with E-state index in [4.69, 9.17) is 9.84 Å². The van der Waals surface area contributed by atoms with E-state index in [1.807, 2.05) is 6.07 Å². The number of benzene rings is 2. The number of carboxylic acids is 1. The topological polar surface area (TPSA) is 80.7 Å². The summed E-state index contributed by atoms with van der Waals surface area (Å²) < 4.78 is 32.5. The van der Waals surface area contributed by atoms with Crippen LogP contribution in [0.5, 0.6) is 5.75 Å². The molecule has 5 nitrogen and oxygen atoms in total. The fourth-order valence-electron chi connectivity index (χ4n) is 6.81. The van der Waals surface area contributed by atoms with E-state index < -0.39 is 15.8 Å². The van der Waals surface area contributed by atoms with Gasteiger partial charge in [-0.25, -0.2) is 8.42 Å². The molecule has 0 saturated heterocycles. The molecular formula is C25H28O5S. The van der Waals surface area contributed by atoms with Gasteiger partial charge in [0.2, 0.25) is 9.84 Å². The molecule has 31 heavy (non-hydrogen) atoms. The number of aliphatic carboxylic acids is 1.